The van der Waals surface area contributed by atoms with Crippen LogP contribution in [-0.4, -0.2) is 29.9 Å². The van der Waals surface area contributed by atoms with E-state index in [0.29, 0.717) is 0 Å². The van der Waals surface area contributed by atoms with Crippen molar-refractivity contribution in [1.82, 2.24) is 0 Å². The van der Waals surface area contributed by atoms with Gasteiger partial charge in [0.2, 0.25) is 0 Å². The van der Waals surface area contributed by atoms with Crippen molar-refractivity contribution in [2.45, 2.75) is 10.6 Å². The normalized spacial score (nSPS) is 9.00. The molecular weight excluding hydrogens is 304 g/mol. The zero-order valence-electron chi connectivity index (χ0n) is 7.56. The molecule has 0 N–H and O–H groups in total. The minimum atomic E-state index is 0.0792. The van der Waals surface area contributed by atoms with Crippen LogP contribution in [0.15, 0.2) is 24.3 Å². The van der Waals surface area contributed by atoms with Crippen molar-refractivity contribution in [1.29, 1.82) is 5.26 Å². The van der Waals surface area contributed by atoms with E-state index in [4.69, 9.17) is 11.7 Å². The van der Waals surface area contributed by atoms with Gasteiger partial charge in [-0.15, -0.1) is 0 Å². The third kappa shape index (κ3) is 4.01. The molecule has 0 aliphatic rings. The van der Waals surface area contributed by atoms with Gasteiger partial charge in [0.05, 0.1) is 0 Å². The van der Waals surface area contributed by atoms with Crippen molar-refractivity contribution in [2.24, 2.45) is 0 Å². The molecule has 0 saturated heterocycles. The van der Waals surface area contributed by atoms with Gasteiger partial charge in [0.1, 0.15) is 0 Å². The first-order valence-corrected chi connectivity index (χ1v) is 8.16. The Kier molecular flexibility index (Phi) is 5.46. The van der Waals surface area contributed by atoms with Gasteiger partial charge in [-0.1, -0.05) is 0 Å². The molecule has 0 unspecified atom stereocenters. The Morgan fingerprint density at radius 3 is 2.43 bits per heavy atom. The van der Waals surface area contributed by atoms with Gasteiger partial charge in [-0.3, -0.25) is 0 Å². The van der Waals surface area contributed by atoms with Crippen LogP contribution < -0.4 is 0 Å². The standard InChI is InChI=1S/C11H9NSe2/c1-2-13-7-10-4-3-5-11(6-10)8-14-9-12/h1,3-6H,7-8H2. The van der Waals surface area contributed by atoms with Gasteiger partial charge in [0.25, 0.3) is 0 Å². The number of terminal acetylenes is 1. The molecule has 0 aliphatic carbocycles. The fraction of sp³-hybridized carbons (Fsp3) is 0.182. The number of hydrogen-bond donors (Lipinski definition) is 0. The number of nitrogens with zero attached hydrogens (tertiary/aromatic N) is 1. The van der Waals surface area contributed by atoms with E-state index in [2.05, 4.69) is 28.0 Å². The second kappa shape index (κ2) is 6.72. The zero-order chi connectivity index (χ0) is 10.2. The summed E-state index contributed by atoms with van der Waals surface area (Å²) in [6, 6.07) is 8.39. The molecule has 14 heavy (non-hydrogen) atoms. The van der Waals surface area contributed by atoms with Crippen molar-refractivity contribution in [3.8, 4) is 16.2 Å². The summed E-state index contributed by atoms with van der Waals surface area (Å²) in [6.45, 7) is 0. The molecule has 3 heteroatoms. The van der Waals surface area contributed by atoms with Gasteiger partial charge in [-0.05, 0) is 0 Å². The first-order chi connectivity index (χ1) is 6.86. The quantitative estimate of drug-likeness (QED) is 0.605. The third-order valence-electron chi connectivity index (χ3n) is 1.62. The third-order valence-corrected chi connectivity index (χ3v) is 4.24. The van der Waals surface area contributed by atoms with Crippen LogP contribution in [-0.2, 0) is 10.6 Å². The van der Waals surface area contributed by atoms with Crippen LogP contribution in [0, 0.1) is 21.5 Å². The predicted molar refractivity (Wildman–Crippen MR) is 59.8 cm³/mol. The average molecular weight is 313 g/mol. The summed E-state index contributed by atoms with van der Waals surface area (Å²) in [4.78, 5) is 4.91. The zero-order valence-corrected chi connectivity index (χ0v) is 11.0. The summed E-state index contributed by atoms with van der Waals surface area (Å²) < 4.78 is 0. The number of benzene rings is 1. The molecule has 1 rings (SSSR count). The Balaban J connectivity index is 2.61. The van der Waals surface area contributed by atoms with Crippen LogP contribution in [0.1, 0.15) is 11.1 Å². The molecule has 0 amide bonds. The second-order valence-corrected chi connectivity index (χ2v) is 5.91. The molecule has 0 radical (unpaired) electrons. The Morgan fingerprint density at radius 2 is 1.86 bits per heavy atom. The summed E-state index contributed by atoms with van der Waals surface area (Å²) in [5.74, 6) is 0. The minimum absolute atomic E-state index is 0.0792. The molecule has 0 saturated carbocycles. The molecule has 0 heterocycles. The van der Waals surface area contributed by atoms with Crippen LogP contribution in [0.2, 0.25) is 0 Å². The summed E-state index contributed by atoms with van der Waals surface area (Å²) in [5.41, 5.74) is 2.56. The van der Waals surface area contributed by atoms with Crippen molar-refractivity contribution >= 4 is 29.9 Å². The van der Waals surface area contributed by atoms with E-state index in [9.17, 15) is 0 Å². The van der Waals surface area contributed by atoms with Gasteiger partial charge in [-0.25, -0.2) is 0 Å². The van der Waals surface area contributed by atoms with Gasteiger partial charge >= 0.3 is 97.4 Å². The van der Waals surface area contributed by atoms with E-state index in [1.807, 2.05) is 6.07 Å². The Bertz CT molecular complexity index is 340. The summed E-state index contributed by atoms with van der Waals surface area (Å²) in [5, 5.41) is 10.4. The van der Waals surface area contributed by atoms with Crippen molar-refractivity contribution in [2.75, 3.05) is 0 Å². The molecule has 70 valence electrons. The summed E-state index contributed by atoms with van der Waals surface area (Å²) in [7, 11) is 0. The van der Waals surface area contributed by atoms with Crippen LogP contribution in [0.3, 0.4) is 0 Å². The van der Waals surface area contributed by atoms with Crippen LogP contribution >= 0.6 is 0 Å². The van der Waals surface area contributed by atoms with E-state index >= 15 is 0 Å². The first-order valence-electron chi connectivity index (χ1n) is 4.03. The second-order valence-electron chi connectivity index (χ2n) is 2.61. The van der Waals surface area contributed by atoms with E-state index in [0.717, 1.165) is 10.6 Å². The summed E-state index contributed by atoms with van der Waals surface area (Å²) >= 11 is 0.356. The van der Waals surface area contributed by atoms with E-state index in [1.165, 1.54) is 11.1 Å². The molecule has 0 bridgehead atoms. The van der Waals surface area contributed by atoms with E-state index in [-0.39, 0.29) is 29.9 Å². The fourth-order valence-corrected chi connectivity index (χ4v) is 2.81. The summed E-state index contributed by atoms with van der Waals surface area (Å²) in [6.07, 6.45) is 5.23. The van der Waals surface area contributed by atoms with Crippen LogP contribution in [0.25, 0.3) is 0 Å². The first kappa shape index (κ1) is 11.4. The molecule has 0 spiro atoms. The van der Waals surface area contributed by atoms with Gasteiger partial charge in [-0.2, -0.15) is 0 Å². The number of rotatable bonds is 4. The Morgan fingerprint density at radius 1 is 1.21 bits per heavy atom. The van der Waals surface area contributed by atoms with Crippen LogP contribution in [0.5, 0.6) is 0 Å². The van der Waals surface area contributed by atoms with Crippen LogP contribution in [0.4, 0.5) is 0 Å². The maximum absolute atomic E-state index is 8.49. The van der Waals surface area contributed by atoms with Crippen molar-refractivity contribution in [3.05, 3.63) is 35.4 Å². The van der Waals surface area contributed by atoms with E-state index < -0.39 is 0 Å². The van der Waals surface area contributed by atoms with Gasteiger partial charge < -0.3 is 0 Å². The molecule has 0 atom stereocenters. The van der Waals surface area contributed by atoms with Gasteiger partial charge in [0.15, 0.2) is 0 Å². The number of hydrogen-bond acceptors (Lipinski definition) is 1. The molecule has 0 aliphatic heterocycles. The molecule has 0 fully saturated rings. The predicted octanol–water partition coefficient (Wildman–Crippen LogP) is 1.17. The topological polar surface area (TPSA) is 23.8 Å². The molecule has 1 aromatic carbocycles. The van der Waals surface area contributed by atoms with E-state index in [1.54, 1.807) is 0 Å². The van der Waals surface area contributed by atoms with Crippen molar-refractivity contribution < 1.29 is 0 Å². The molecule has 1 nitrogen and oxygen atoms in total. The molecular formula is C11H9NSe2. The molecule has 0 aromatic heterocycles. The SMILES string of the molecule is C#C[Se]Cc1cccc(C[Se]C#N)c1. The average Bonchev–Trinajstić information content (AvgIpc) is 2.24. The monoisotopic (exact) mass is 315 g/mol. The Hall–Kier alpha value is -0.691. The maximum atomic E-state index is 8.49. The Labute approximate surface area is 97.2 Å². The van der Waals surface area contributed by atoms with Crippen molar-refractivity contribution in [3.63, 3.8) is 0 Å². The number of nitriles is 1. The fourth-order valence-electron chi connectivity index (χ4n) is 1.05. The molecule has 1 aromatic rings. The van der Waals surface area contributed by atoms with Gasteiger partial charge in [0, 0.05) is 0 Å².